The minimum absolute atomic E-state index is 0.0918. The Bertz CT molecular complexity index is 1200. The Hall–Kier alpha value is -3.93. The number of benzene rings is 3. The number of carbonyl (C=O) groups is 2. The summed E-state index contributed by atoms with van der Waals surface area (Å²) in [5.74, 6) is 0.640. The molecule has 0 saturated heterocycles. The normalized spacial score (nSPS) is 10.7. The van der Waals surface area contributed by atoms with E-state index in [1.165, 1.54) is 0 Å². The van der Waals surface area contributed by atoms with Crippen LogP contribution in [0.2, 0.25) is 0 Å². The van der Waals surface area contributed by atoms with E-state index in [1.807, 2.05) is 85.9 Å². The number of amides is 2. The molecule has 0 radical (unpaired) electrons. The van der Waals surface area contributed by atoms with Crippen molar-refractivity contribution in [1.29, 1.82) is 0 Å². The van der Waals surface area contributed by atoms with Crippen LogP contribution in [0.25, 0.3) is 22.4 Å². The fourth-order valence-electron chi connectivity index (χ4n) is 3.49. The highest BCUT2D eigenvalue weighted by molar-refractivity contribution is 5.91. The Kier molecular flexibility index (Phi) is 6.08. The SMILES string of the molecule is Cn1c(-c2ccc(NC(=O)CCNC(=O)Cc3ccccc3)cc2)nc2ccccc21. The second-order valence-corrected chi connectivity index (χ2v) is 7.37. The summed E-state index contributed by atoms with van der Waals surface area (Å²) < 4.78 is 2.06. The molecule has 6 heteroatoms. The molecule has 0 aliphatic heterocycles. The Morgan fingerprint density at radius 3 is 2.32 bits per heavy atom. The minimum Gasteiger partial charge on any atom is -0.355 e. The van der Waals surface area contributed by atoms with Crippen LogP contribution in [0.15, 0.2) is 78.9 Å². The first kappa shape index (κ1) is 20.3. The molecule has 4 rings (SSSR count). The van der Waals surface area contributed by atoms with Gasteiger partial charge < -0.3 is 15.2 Å². The van der Waals surface area contributed by atoms with Crippen LogP contribution in [0.4, 0.5) is 5.69 Å². The number of para-hydroxylation sites is 2. The van der Waals surface area contributed by atoms with Crippen molar-refractivity contribution in [3.63, 3.8) is 0 Å². The first-order chi connectivity index (χ1) is 15.1. The molecular weight excluding hydrogens is 388 g/mol. The molecule has 0 atom stereocenters. The van der Waals surface area contributed by atoms with Crippen LogP contribution in [0.5, 0.6) is 0 Å². The standard InChI is InChI=1S/C25H24N4O2/c1-29-22-10-6-5-9-21(22)28-25(29)19-11-13-20(14-12-19)27-23(30)15-16-26-24(31)17-18-7-3-2-4-8-18/h2-14H,15-17H2,1H3,(H,26,31)(H,27,30). The summed E-state index contributed by atoms with van der Waals surface area (Å²) in [7, 11) is 1.99. The average Bonchev–Trinajstić information content (AvgIpc) is 3.12. The van der Waals surface area contributed by atoms with Gasteiger partial charge >= 0.3 is 0 Å². The van der Waals surface area contributed by atoms with Crippen molar-refractivity contribution in [3.8, 4) is 11.4 Å². The summed E-state index contributed by atoms with van der Waals surface area (Å²) in [6.07, 6.45) is 0.527. The number of anilines is 1. The molecule has 0 aliphatic rings. The third kappa shape index (κ3) is 4.98. The van der Waals surface area contributed by atoms with Gasteiger partial charge in [0.05, 0.1) is 17.5 Å². The zero-order chi connectivity index (χ0) is 21.6. The summed E-state index contributed by atoms with van der Waals surface area (Å²) in [5.41, 5.74) is 4.66. The van der Waals surface area contributed by atoms with Crippen molar-refractivity contribution < 1.29 is 9.59 Å². The molecule has 2 N–H and O–H groups in total. The molecular formula is C25H24N4O2. The molecule has 0 aliphatic carbocycles. The quantitative estimate of drug-likeness (QED) is 0.483. The molecule has 6 nitrogen and oxygen atoms in total. The third-order valence-electron chi connectivity index (χ3n) is 5.10. The predicted octanol–water partition coefficient (Wildman–Crippen LogP) is 3.93. The van der Waals surface area contributed by atoms with Gasteiger partial charge in [-0.1, -0.05) is 42.5 Å². The van der Waals surface area contributed by atoms with Gasteiger partial charge in [-0.2, -0.15) is 0 Å². The molecule has 156 valence electrons. The van der Waals surface area contributed by atoms with E-state index in [9.17, 15) is 9.59 Å². The van der Waals surface area contributed by atoms with E-state index in [2.05, 4.69) is 15.2 Å². The number of hydrogen-bond acceptors (Lipinski definition) is 3. The molecule has 0 unspecified atom stereocenters. The molecule has 0 bridgehead atoms. The van der Waals surface area contributed by atoms with Gasteiger partial charge in [0.2, 0.25) is 11.8 Å². The van der Waals surface area contributed by atoms with Gasteiger partial charge in [0.25, 0.3) is 0 Å². The second kappa shape index (κ2) is 9.26. The van der Waals surface area contributed by atoms with Crippen molar-refractivity contribution in [3.05, 3.63) is 84.4 Å². The first-order valence-corrected chi connectivity index (χ1v) is 10.2. The number of imidazole rings is 1. The van der Waals surface area contributed by atoms with Gasteiger partial charge in [-0.25, -0.2) is 4.98 Å². The molecule has 31 heavy (non-hydrogen) atoms. The van der Waals surface area contributed by atoms with Gasteiger partial charge in [-0.15, -0.1) is 0 Å². The Labute approximate surface area is 180 Å². The zero-order valence-electron chi connectivity index (χ0n) is 17.3. The molecule has 0 fully saturated rings. The summed E-state index contributed by atoms with van der Waals surface area (Å²) in [4.78, 5) is 28.9. The topological polar surface area (TPSA) is 76.0 Å². The Morgan fingerprint density at radius 1 is 0.871 bits per heavy atom. The van der Waals surface area contributed by atoms with Gasteiger partial charge in [-0.3, -0.25) is 9.59 Å². The largest absolute Gasteiger partial charge is 0.355 e. The number of carbonyl (C=O) groups excluding carboxylic acids is 2. The smallest absolute Gasteiger partial charge is 0.226 e. The lowest BCUT2D eigenvalue weighted by molar-refractivity contribution is -0.120. The number of hydrogen-bond donors (Lipinski definition) is 2. The maximum absolute atomic E-state index is 12.2. The lowest BCUT2D eigenvalue weighted by Gasteiger charge is -2.08. The van der Waals surface area contributed by atoms with E-state index >= 15 is 0 Å². The molecule has 0 spiro atoms. The summed E-state index contributed by atoms with van der Waals surface area (Å²) in [6, 6.07) is 25.1. The molecule has 1 aromatic heterocycles. The van der Waals surface area contributed by atoms with Gasteiger partial charge in [0.15, 0.2) is 0 Å². The van der Waals surface area contributed by atoms with E-state index in [4.69, 9.17) is 4.98 Å². The molecule has 4 aromatic rings. The average molecular weight is 412 g/mol. The lowest BCUT2D eigenvalue weighted by Crippen LogP contribution is -2.28. The Morgan fingerprint density at radius 2 is 1.58 bits per heavy atom. The maximum Gasteiger partial charge on any atom is 0.226 e. The number of nitrogens with one attached hydrogen (secondary N) is 2. The fraction of sp³-hybridized carbons (Fsp3) is 0.160. The maximum atomic E-state index is 12.2. The van der Waals surface area contributed by atoms with Crippen molar-refractivity contribution in [1.82, 2.24) is 14.9 Å². The molecule has 3 aromatic carbocycles. The van der Waals surface area contributed by atoms with E-state index in [1.54, 1.807) is 0 Å². The monoisotopic (exact) mass is 412 g/mol. The van der Waals surface area contributed by atoms with E-state index in [0.29, 0.717) is 18.7 Å². The predicted molar refractivity (Wildman–Crippen MR) is 123 cm³/mol. The third-order valence-corrected chi connectivity index (χ3v) is 5.10. The molecule has 0 saturated carbocycles. The molecule has 1 heterocycles. The zero-order valence-corrected chi connectivity index (χ0v) is 17.3. The van der Waals surface area contributed by atoms with Crippen LogP contribution in [-0.4, -0.2) is 27.9 Å². The highest BCUT2D eigenvalue weighted by atomic mass is 16.2. The number of fused-ring (bicyclic) bond motifs is 1. The minimum atomic E-state index is -0.143. The van der Waals surface area contributed by atoms with E-state index in [-0.39, 0.29) is 18.2 Å². The van der Waals surface area contributed by atoms with Crippen LogP contribution in [0, 0.1) is 0 Å². The van der Waals surface area contributed by atoms with E-state index in [0.717, 1.165) is 28.0 Å². The summed E-state index contributed by atoms with van der Waals surface area (Å²) >= 11 is 0. The van der Waals surface area contributed by atoms with Gasteiger partial charge in [0, 0.05) is 31.3 Å². The Balaban J connectivity index is 1.29. The summed E-state index contributed by atoms with van der Waals surface area (Å²) in [5, 5.41) is 5.65. The van der Waals surface area contributed by atoms with Crippen molar-refractivity contribution in [2.75, 3.05) is 11.9 Å². The van der Waals surface area contributed by atoms with Gasteiger partial charge in [-0.05, 0) is 42.0 Å². The van der Waals surface area contributed by atoms with Crippen molar-refractivity contribution in [2.45, 2.75) is 12.8 Å². The molecule has 2 amide bonds. The lowest BCUT2D eigenvalue weighted by atomic mass is 10.1. The van der Waals surface area contributed by atoms with Crippen LogP contribution in [0.3, 0.4) is 0 Å². The van der Waals surface area contributed by atoms with Crippen molar-refractivity contribution >= 4 is 28.5 Å². The number of nitrogens with zero attached hydrogens (tertiary/aromatic N) is 2. The highest BCUT2D eigenvalue weighted by Gasteiger charge is 2.10. The number of aromatic nitrogens is 2. The van der Waals surface area contributed by atoms with E-state index < -0.39 is 0 Å². The van der Waals surface area contributed by atoms with Crippen molar-refractivity contribution in [2.24, 2.45) is 7.05 Å². The van der Waals surface area contributed by atoms with Crippen LogP contribution >= 0.6 is 0 Å². The summed E-state index contributed by atoms with van der Waals surface area (Å²) in [6.45, 7) is 0.301. The second-order valence-electron chi connectivity index (χ2n) is 7.37. The fourth-order valence-corrected chi connectivity index (χ4v) is 3.49. The van der Waals surface area contributed by atoms with Crippen LogP contribution in [-0.2, 0) is 23.1 Å². The van der Waals surface area contributed by atoms with Crippen LogP contribution < -0.4 is 10.6 Å². The van der Waals surface area contributed by atoms with Gasteiger partial charge in [0.1, 0.15) is 5.82 Å². The first-order valence-electron chi connectivity index (χ1n) is 10.2. The number of rotatable bonds is 7. The van der Waals surface area contributed by atoms with Crippen LogP contribution in [0.1, 0.15) is 12.0 Å². The number of aryl methyl sites for hydroxylation is 1. The highest BCUT2D eigenvalue weighted by Crippen LogP contribution is 2.24.